The minimum absolute atomic E-state index is 0.0932. The number of nitrogens with one attached hydrogen (secondary N) is 3. The highest BCUT2D eigenvalue weighted by Crippen LogP contribution is 2.41. The van der Waals surface area contributed by atoms with Crippen molar-refractivity contribution in [2.24, 2.45) is 5.73 Å². The number of alkyl halides is 3. The molecule has 6 N–H and O–H groups in total. The Labute approximate surface area is 214 Å². The number of halogens is 3. The van der Waals surface area contributed by atoms with Gasteiger partial charge in [0.05, 0.1) is 6.20 Å². The molecule has 17 heteroatoms. The van der Waals surface area contributed by atoms with Gasteiger partial charge in [0.2, 0.25) is 5.91 Å². The van der Waals surface area contributed by atoms with Gasteiger partial charge in [-0.1, -0.05) is 29.1 Å². The minimum atomic E-state index is -5.10. The lowest BCUT2D eigenvalue weighted by Crippen LogP contribution is -2.71. The molecule has 196 valence electrons. The molecule has 12 nitrogen and oxygen atoms in total. The monoisotopic (exact) mass is 557 g/mol. The second-order valence-electron chi connectivity index (χ2n) is 7.81. The number of aromatic amines is 1. The standard InChI is InChI=1S/C20H18F3N7O5S2/c21-20(22,23)19(35)26-10-3-1-2-8(4-10)12(24)15(31)27-13-16(32)30-14(18(33)34)9(7-37-17(13)30)6-36-11-5-25-29-28-11/h1-5,12-13,17H,6-7,24H2,(H,26,35)(H,27,31)(H,33,34)(H,25,28,29)/t12?,13?,17-/m0/s1. The van der Waals surface area contributed by atoms with Crippen molar-refractivity contribution in [3.63, 3.8) is 0 Å². The highest BCUT2D eigenvalue weighted by atomic mass is 32.2. The Balaban J connectivity index is 1.42. The molecule has 0 spiro atoms. The van der Waals surface area contributed by atoms with Crippen LogP contribution in [-0.4, -0.2) is 78.2 Å². The molecule has 0 aliphatic carbocycles. The average molecular weight is 558 g/mol. The third-order valence-corrected chi connectivity index (χ3v) is 7.71. The van der Waals surface area contributed by atoms with Crippen LogP contribution < -0.4 is 16.4 Å². The minimum Gasteiger partial charge on any atom is -0.477 e. The van der Waals surface area contributed by atoms with E-state index >= 15 is 0 Å². The highest BCUT2D eigenvalue weighted by molar-refractivity contribution is 8.01. The SMILES string of the molecule is NC(C(=O)NC1C(=O)N2C(C(=O)O)=C(CSc3c[nH]nn3)CS[C@@H]12)c1cccc(NC(=O)C(F)(F)F)c1. The Morgan fingerprint density at radius 3 is 2.76 bits per heavy atom. The van der Waals surface area contributed by atoms with Gasteiger partial charge < -0.3 is 21.5 Å². The van der Waals surface area contributed by atoms with Gasteiger partial charge in [-0.3, -0.25) is 24.4 Å². The number of nitrogens with zero attached hydrogens (tertiary/aromatic N) is 3. The molecule has 2 aliphatic heterocycles. The number of benzene rings is 1. The first-order chi connectivity index (χ1) is 17.5. The first-order valence-corrected chi connectivity index (χ1v) is 12.4. The summed E-state index contributed by atoms with van der Waals surface area (Å²) in [6.07, 6.45) is -3.55. The van der Waals surface area contributed by atoms with Crippen LogP contribution in [0.3, 0.4) is 0 Å². The van der Waals surface area contributed by atoms with Gasteiger partial charge in [-0.2, -0.15) is 13.2 Å². The number of aromatic nitrogens is 3. The number of rotatable bonds is 8. The predicted molar refractivity (Wildman–Crippen MR) is 125 cm³/mol. The van der Waals surface area contributed by atoms with Crippen LogP contribution in [0.4, 0.5) is 18.9 Å². The van der Waals surface area contributed by atoms with Gasteiger partial charge in [-0.05, 0) is 23.3 Å². The number of nitrogens with two attached hydrogens (primary N) is 1. The van der Waals surface area contributed by atoms with Crippen molar-refractivity contribution in [2.45, 2.75) is 28.7 Å². The lowest BCUT2D eigenvalue weighted by atomic mass is 10.0. The van der Waals surface area contributed by atoms with Crippen molar-refractivity contribution < 1.29 is 37.5 Å². The summed E-state index contributed by atoms with van der Waals surface area (Å²) in [4.78, 5) is 49.8. The molecule has 3 heterocycles. The maximum absolute atomic E-state index is 12.8. The summed E-state index contributed by atoms with van der Waals surface area (Å²) in [5.74, 6) is -4.34. The molecule has 3 amide bonds. The normalized spacial score (nSPS) is 20.1. The number of H-pyrrole nitrogens is 1. The largest absolute Gasteiger partial charge is 0.477 e. The number of amides is 3. The molecular formula is C20H18F3N7O5S2. The van der Waals surface area contributed by atoms with Gasteiger partial charge >= 0.3 is 18.1 Å². The predicted octanol–water partition coefficient (Wildman–Crippen LogP) is 0.836. The summed E-state index contributed by atoms with van der Waals surface area (Å²) >= 11 is 2.52. The zero-order chi connectivity index (χ0) is 26.9. The molecule has 2 unspecified atom stereocenters. The van der Waals surface area contributed by atoms with E-state index in [4.69, 9.17) is 5.73 Å². The first-order valence-electron chi connectivity index (χ1n) is 10.4. The van der Waals surface area contributed by atoms with E-state index in [9.17, 15) is 37.5 Å². The fourth-order valence-corrected chi connectivity index (χ4v) is 5.89. The topological polar surface area (TPSA) is 183 Å². The van der Waals surface area contributed by atoms with Crippen LogP contribution in [0.25, 0.3) is 0 Å². The van der Waals surface area contributed by atoms with Crippen LogP contribution in [0, 0.1) is 0 Å². The van der Waals surface area contributed by atoms with Crippen molar-refractivity contribution >= 4 is 52.9 Å². The van der Waals surface area contributed by atoms with E-state index in [1.807, 2.05) is 0 Å². The van der Waals surface area contributed by atoms with Crippen LogP contribution in [0.2, 0.25) is 0 Å². The Bertz CT molecular complexity index is 1270. The smallest absolute Gasteiger partial charge is 0.471 e. The van der Waals surface area contributed by atoms with Crippen molar-refractivity contribution in [2.75, 3.05) is 16.8 Å². The zero-order valence-corrected chi connectivity index (χ0v) is 20.1. The van der Waals surface area contributed by atoms with Crippen LogP contribution >= 0.6 is 23.5 Å². The van der Waals surface area contributed by atoms with E-state index in [1.165, 1.54) is 41.7 Å². The lowest BCUT2D eigenvalue weighted by Gasteiger charge is -2.49. The molecule has 2 aliphatic rings. The number of fused-ring (bicyclic) bond motifs is 1. The van der Waals surface area contributed by atoms with Crippen molar-refractivity contribution in [1.82, 2.24) is 25.6 Å². The fourth-order valence-electron chi connectivity index (χ4n) is 3.62. The first kappa shape index (κ1) is 26.5. The van der Waals surface area contributed by atoms with E-state index in [1.54, 1.807) is 11.5 Å². The Hall–Kier alpha value is -3.57. The number of hydrogen-bond acceptors (Lipinski definition) is 9. The summed E-state index contributed by atoms with van der Waals surface area (Å²) in [7, 11) is 0. The number of β-lactam (4-membered cyclic amide) rings is 1. The molecule has 1 fully saturated rings. The number of hydrogen-bond donors (Lipinski definition) is 5. The number of anilines is 1. The Morgan fingerprint density at radius 1 is 1.35 bits per heavy atom. The van der Waals surface area contributed by atoms with Gasteiger partial charge in [-0.25, -0.2) is 4.79 Å². The zero-order valence-electron chi connectivity index (χ0n) is 18.5. The van der Waals surface area contributed by atoms with Gasteiger partial charge in [-0.15, -0.1) is 16.9 Å². The number of aliphatic carboxylic acids is 1. The van der Waals surface area contributed by atoms with Gasteiger partial charge in [0.15, 0.2) is 0 Å². The maximum Gasteiger partial charge on any atom is 0.471 e. The van der Waals surface area contributed by atoms with E-state index < -0.39 is 47.3 Å². The summed E-state index contributed by atoms with van der Waals surface area (Å²) < 4.78 is 37.5. The highest BCUT2D eigenvalue weighted by Gasteiger charge is 2.54. The molecule has 0 saturated carbocycles. The maximum atomic E-state index is 12.8. The van der Waals surface area contributed by atoms with Crippen LogP contribution in [0.1, 0.15) is 11.6 Å². The molecule has 4 rings (SSSR count). The third-order valence-electron chi connectivity index (χ3n) is 5.38. The quantitative estimate of drug-likeness (QED) is 0.230. The molecule has 0 radical (unpaired) electrons. The van der Waals surface area contributed by atoms with E-state index in [-0.39, 0.29) is 22.7 Å². The number of carboxylic acids is 1. The van der Waals surface area contributed by atoms with E-state index in [0.717, 1.165) is 11.0 Å². The van der Waals surface area contributed by atoms with Crippen LogP contribution in [0.15, 0.2) is 46.8 Å². The molecule has 3 atom stereocenters. The number of carboxylic acid groups (broad SMARTS) is 1. The summed E-state index contributed by atoms with van der Waals surface area (Å²) in [6.45, 7) is 0. The van der Waals surface area contributed by atoms with Crippen molar-refractivity contribution in [3.8, 4) is 0 Å². The fraction of sp³-hybridized carbons (Fsp3) is 0.300. The summed E-state index contributed by atoms with van der Waals surface area (Å²) in [5, 5.41) is 23.7. The average Bonchev–Trinajstić information content (AvgIpc) is 3.38. The Kier molecular flexibility index (Phi) is 7.47. The van der Waals surface area contributed by atoms with Crippen molar-refractivity contribution in [1.29, 1.82) is 0 Å². The molecular weight excluding hydrogens is 539 g/mol. The number of carbonyl (C=O) groups is 4. The van der Waals surface area contributed by atoms with E-state index in [0.29, 0.717) is 16.4 Å². The molecule has 2 aromatic rings. The Morgan fingerprint density at radius 2 is 2.11 bits per heavy atom. The van der Waals surface area contributed by atoms with Crippen LogP contribution in [-0.2, 0) is 19.2 Å². The summed E-state index contributed by atoms with van der Waals surface area (Å²) in [6, 6.07) is 2.58. The molecule has 1 aromatic carbocycles. The van der Waals surface area contributed by atoms with Gasteiger partial charge in [0.1, 0.15) is 28.2 Å². The lowest BCUT2D eigenvalue weighted by molar-refractivity contribution is -0.167. The molecule has 37 heavy (non-hydrogen) atoms. The van der Waals surface area contributed by atoms with Crippen molar-refractivity contribution in [3.05, 3.63) is 47.3 Å². The van der Waals surface area contributed by atoms with Crippen LogP contribution in [0.5, 0.6) is 0 Å². The number of carbonyl (C=O) groups excluding carboxylic acids is 3. The molecule has 1 saturated heterocycles. The van der Waals surface area contributed by atoms with Gasteiger partial charge in [0.25, 0.3) is 5.91 Å². The molecule has 0 bridgehead atoms. The second kappa shape index (κ2) is 10.4. The second-order valence-corrected chi connectivity index (χ2v) is 9.91. The molecule has 1 aromatic heterocycles. The summed E-state index contributed by atoms with van der Waals surface area (Å²) in [5.41, 5.74) is 6.17. The van der Waals surface area contributed by atoms with Gasteiger partial charge in [0, 0.05) is 17.2 Å². The number of thioether (sulfide) groups is 2. The van der Waals surface area contributed by atoms with E-state index in [2.05, 4.69) is 20.7 Å². The third kappa shape index (κ3) is 5.57.